The standard InChI is InChI=1S/C32H35ClF3N7O3/c1-4-27(44)42-14-13-40(19-23(42)9-10-37)11-6-12-41-18-21-16-28(45)43(26-17-22(32(34,35)36)15-20(2)38-26)29(21)31(46)39(3)25-8-5-7-24(33)30(25)41/h4-5,7-8,15,17,21,23,29H,1,6,9,11-14,16,18-19H2,2-3H3/t21-,23-,29+/m1/s1. The number of pyridine rings is 1. The summed E-state index contributed by atoms with van der Waals surface area (Å²) in [6.07, 6.45) is -2.56. The van der Waals surface area contributed by atoms with E-state index in [0.29, 0.717) is 55.5 Å². The molecule has 0 unspecified atom stereocenters. The predicted molar refractivity (Wildman–Crippen MR) is 167 cm³/mol. The average molecular weight is 658 g/mol. The Labute approximate surface area is 270 Å². The van der Waals surface area contributed by atoms with Crippen molar-refractivity contribution < 1.29 is 27.6 Å². The molecule has 1 aromatic heterocycles. The number of nitrogens with zero attached hydrogens (tertiary/aromatic N) is 7. The van der Waals surface area contributed by atoms with Crippen molar-refractivity contribution in [2.75, 3.05) is 61.0 Å². The summed E-state index contributed by atoms with van der Waals surface area (Å²) >= 11 is 6.73. The van der Waals surface area contributed by atoms with Gasteiger partial charge >= 0.3 is 6.18 Å². The van der Waals surface area contributed by atoms with Gasteiger partial charge in [0.2, 0.25) is 17.7 Å². The highest BCUT2D eigenvalue weighted by Crippen LogP contribution is 2.43. The van der Waals surface area contributed by atoms with Crippen LogP contribution in [-0.2, 0) is 20.6 Å². The summed E-state index contributed by atoms with van der Waals surface area (Å²) < 4.78 is 41.1. The SMILES string of the molecule is C=CC(=O)N1CCN(CCCN2C[C@H]3CC(=O)N(c4cc(C(F)(F)F)cc(C)n4)[C@@H]3C(=O)N(C)c3cccc(Cl)c32)C[C@H]1CC#N. The maximum absolute atomic E-state index is 14.0. The number of carbonyl (C=O) groups excluding carboxylic acids is 3. The molecule has 2 saturated heterocycles. The fourth-order valence-corrected chi connectivity index (χ4v) is 7.05. The summed E-state index contributed by atoms with van der Waals surface area (Å²) in [5.41, 5.74) is 0.303. The first-order valence-electron chi connectivity index (χ1n) is 15.0. The third-order valence-corrected chi connectivity index (χ3v) is 9.18. The van der Waals surface area contributed by atoms with Crippen LogP contribution in [0, 0.1) is 24.2 Å². The maximum Gasteiger partial charge on any atom is 0.416 e. The van der Waals surface area contributed by atoms with Gasteiger partial charge in [-0.3, -0.25) is 24.2 Å². The molecule has 2 aromatic rings. The molecule has 244 valence electrons. The predicted octanol–water partition coefficient (Wildman–Crippen LogP) is 4.27. The van der Waals surface area contributed by atoms with E-state index in [1.165, 1.54) is 17.9 Å². The minimum absolute atomic E-state index is 0.0490. The Balaban J connectivity index is 1.41. The van der Waals surface area contributed by atoms with Gasteiger partial charge in [0.15, 0.2) is 0 Å². The normalized spacial score (nSPS) is 22.2. The van der Waals surface area contributed by atoms with Crippen LogP contribution in [0.4, 0.5) is 30.4 Å². The van der Waals surface area contributed by atoms with E-state index < -0.39 is 35.5 Å². The van der Waals surface area contributed by atoms with Gasteiger partial charge in [-0.05, 0) is 50.2 Å². The number of para-hydroxylation sites is 1. The number of hydrogen-bond acceptors (Lipinski definition) is 7. The molecular weight excluding hydrogens is 623 g/mol. The zero-order chi connectivity index (χ0) is 33.3. The van der Waals surface area contributed by atoms with Crippen molar-refractivity contribution >= 4 is 46.5 Å². The zero-order valence-corrected chi connectivity index (χ0v) is 26.4. The molecule has 14 heteroatoms. The Morgan fingerprint density at radius 3 is 2.65 bits per heavy atom. The molecule has 0 aliphatic carbocycles. The van der Waals surface area contributed by atoms with Crippen molar-refractivity contribution in [2.24, 2.45) is 5.92 Å². The Hall–Kier alpha value is -4.15. The van der Waals surface area contributed by atoms with Gasteiger partial charge in [0.1, 0.15) is 11.9 Å². The fourth-order valence-electron chi connectivity index (χ4n) is 6.76. The summed E-state index contributed by atoms with van der Waals surface area (Å²) in [6.45, 7) is 8.07. The van der Waals surface area contributed by atoms with Gasteiger partial charge in [-0.15, -0.1) is 0 Å². The lowest BCUT2D eigenvalue weighted by Crippen LogP contribution is -2.55. The van der Waals surface area contributed by atoms with Crippen molar-refractivity contribution in [1.29, 1.82) is 5.26 Å². The van der Waals surface area contributed by atoms with E-state index in [9.17, 15) is 32.8 Å². The Morgan fingerprint density at radius 1 is 1.20 bits per heavy atom. The van der Waals surface area contributed by atoms with E-state index in [-0.39, 0.29) is 42.8 Å². The van der Waals surface area contributed by atoms with Gasteiger partial charge in [0.25, 0.3) is 0 Å². The first-order chi connectivity index (χ1) is 21.8. The Morgan fingerprint density at radius 2 is 1.96 bits per heavy atom. The first kappa shape index (κ1) is 33.2. The maximum atomic E-state index is 14.0. The summed E-state index contributed by atoms with van der Waals surface area (Å²) in [5, 5.41) is 9.75. The molecule has 4 heterocycles. The van der Waals surface area contributed by atoms with Gasteiger partial charge in [0.05, 0.1) is 40.5 Å². The smallest absolute Gasteiger partial charge is 0.368 e. The lowest BCUT2D eigenvalue weighted by atomic mass is 9.95. The van der Waals surface area contributed by atoms with Crippen molar-refractivity contribution in [1.82, 2.24) is 14.8 Å². The first-order valence-corrected chi connectivity index (χ1v) is 15.4. The molecule has 0 saturated carbocycles. The van der Waals surface area contributed by atoms with Crippen molar-refractivity contribution in [3.63, 3.8) is 0 Å². The van der Waals surface area contributed by atoms with Crippen LogP contribution in [0.15, 0.2) is 43.0 Å². The highest BCUT2D eigenvalue weighted by molar-refractivity contribution is 6.34. The monoisotopic (exact) mass is 657 g/mol. The van der Waals surface area contributed by atoms with Gasteiger partial charge in [0, 0.05) is 57.8 Å². The van der Waals surface area contributed by atoms with Gasteiger partial charge in [-0.1, -0.05) is 24.2 Å². The second-order valence-corrected chi connectivity index (χ2v) is 12.3. The zero-order valence-electron chi connectivity index (χ0n) is 25.6. The molecule has 10 nitrogen and oxygen atoms in total. The van der Waals surface area contributed by atoms with E-state index in [0.717, 1.165) is 17.0 Å². The minimum atomic E-state index is -4.65. The number of amides is 3. The topological polar surface area (TPSA) is 104 Å². The van der Waals surface area contributed by atoms with Crippen molar-refractivity contribution in [2.45, 2.75) is 44.4 Å². The number of fused-ring (bicyclic) bond motifs is 2. The number of alkyl halides is 3. The molecule has 1 aromatic carbocycles. The molecule has 3 amide bonds. The van der Waals surface area contributed by atoms with Gasteiger partial charge < -0.3 is 14.7 Å². The van der Waals surface area contributed by atoms with Crippen LogP contribution in [0.5, 0.6) is 0 Å². The number of halogens is 4. The second-order valence-electron chi connectivity index (χ2n) is 11.9. The third kappa shape index (κ3) is 6.55. The van der Waals surface area contributed by atoms with Crippen LogP contribution in [0.3, 0.4) is 0 Å². The number of benzene rings is 1. The van der Waals surface area contributed by atoms with Crippen LogP contribution in [0.1, 0.15) is 30.5 Å². The number of nitriles is 1. The number of carbonyl (C=O) groups is 3. The number of piperazine rings is 1. The molecular formula is C32H35ClF3N7O3. The average Bonchev–Trinajstić information content (AvgIpc) is 3.33. The second kappa shape index (κ2) is 13.3. The summed E-state index contributed by atoms with van der Waals surface area (Å²) in [5.74, 6) is -1.86. The van der Waals surface area contributed by atoms with E-state index in [1.54, 1.807) is 30.1 Å². The molecule has 5 rings (SSSR count). The Bertz CT molecular complexity index is 1580. The number of aryl methyl sites for hydroxylation is 1. The van der Waals surface area contributed by atoms with Crippen LogP contribution in [-0.4, -0.2) is 90.9 Å². The molecule has 3 aliphatic rings. The van der Waals surface area contributed by atoms with Crippen LogP contribution < -0.4 is 14.7 Å². The summed E-state index contributed by atoms with van der Waals surface area (Å²) in [4.78, 5) is 52.5. The van der Waals surface area contributed by atoms with E-state index in [2.05, 4.69) is 22.5 Å². The minimum Gasteiger partial charge on any atom is -0.368 e. The van der Waals surface area contributed by atoms with Crippen molar-refractivity contribution in [3.05, 3.63) is 59.3 Å². The summed E-state index contributed by atoms with van der Waals surface area (Å²) in [7, 11) is 1.57. The molecule has 0 N–H and O–H groups in total. The molecule has 2 fully saturated rings. The number of aromatic nitrogens is 1. The van der Waals surface area contributed by atoms with Gasteiger partial charge in [-0.2, -0.15) is 18.4 Å². The molecule has 3 atom stereocenters. The number of anilines is 3. The fraction of sp³-hybridized carbons (Fsp3) is 0.469. The number of likely N-dealkylation sites (N-methyl/N-ethyl adjacent to an activating group) is 1. The van der Waals surface area contributed by atoms with E-state index in [1.807, 2.05) is 4.90 Å². The third-order valence-electron chi connectivity index (χ3n) is 8.88. The van der Waals surface area contributed by atoms with Crippen LogP contribution in [0.2, 0.25) is 5.02 Å². The molecule has 0 bridgehead atoms. The number of hydrogen-bond donors (Lipinski definition) is 0. The lowest BCUT2D eigenvalue weighted by Gasteiger charge is -2.41. The van der Waals surface area contributed by atoms with Crippen LogP contribution in [0.25, 0.3) is 0 Å². The van der Waals surface area contributed by atoms with E-state index >= 15 is 0 Å². The van der Waals surface area contributed by atoms with Crippen molar-refractivity contribution in [3.8, 4) is 6.07 Å². The van der Waals surface area contributed by atoms with Crippen LogP contribution >= 0.6 is 11.6 Å². The Kier molecular flexibility index (Phi) is 9.60. The highest BCUT2D eigenvalue weighted by Gasteiger charge is 2.49. The highest BCUT2D eigenvalue weighted by atomic mass is 35.5. The molecule has 0 radical (unpaired) electrons. The molecule has 46 heavy (non-hydrogen) atoms. The number of rotatable bonds is 7. The van der Waals surface area contributed by atoms with Gasteiger partial charge in [-0.25, -0.2) is 4.98 Å². The summed E-state index contributed by atoms with van der Waals surface area (Å²) in [6, 6.07) is 7.79. The lowest BCUT2D eigenvalue weighted by molar-refractivity contribution is -0.137. The molecule has 0 spiro atoms. The largest absolute Gasteiger partial charge is 0.416 e. The van der Waals surface area contributed by atoms with E-state index in [4.69, 9.17) is 11.6 Å². The molecule has 3 aliphatic heterocycles. The quantitative estimate of drug-likeness (QED) is 0.410.